The molecule has 0 aromatic heterocycles. The molecule has 0 aliphatic rings. The van der Waals surface area contributed by atoms with E-state index in [9.17, 15) is 4.79 Å². The maximum absolute atomic E-state index is 10.6. The molecule has 0 saturated carbocycles. The number of carbonyl (C=O) groups is 1. The van der Waals surface area contributed by atoms with Crippen molar-refractivity contribution < 1.29 is 4.79 Å². The molecule has 0 atom stereocenters. The fourth-order valence-corrected chi connectivity index (χ4v) is 2.13. The Bertz CT molecular complexity index is 440. The largest absolute Gasteiger partial charge is 0.303 e. The smallest absolute Gasteiger partial charge is 0.121 e. The van der Waals surface area contributed by atoms with Crippen LogP contribution in [0.3, 0.4) is 0 Å². The van der Waals surface area contributed by atoms with Crippen LogP contribution >= 0.6 is 0 Å². The van der Waals surface area contributed by atoms with Gasteiger partial charge >= 0.3 is 0 Å². The third-order valence-corrected chi connectivity index (χ3v) is 3.06. The van der Waals surface area contributed by atoms with E-state index in [1.807, 2.05) is 12.1 Å². The molecule has 0 unspecified atom stereocenters. The van der Waals surface area contributed by atoms with Gasteiger partial charge in [0.1, 0.15) is 6.29 Å². The van der Waals surface area contributed by atoms with Gasteiger partial charge in [0, 0.05) is 26.1 Å². The van der Waals surface area contributed by atoms with Crippen LogP contribution in [0.4, 0.5) is 0 Å². The molecular weight excluding hydrogens is 234 g/mol. The summed E-state index contributed by atoms with van der Waals surface area (Å²) in [6.07, 6.45) is 1.57. The molecule has 0 aliphatic heterocycles. The Morgan fingerprint density at radius 1 is 0.789 bits per heavy atom. The van der Waals surface area contributed by atoms with Crippen molar-refractivity contribution in [1.82, 2.24) is 4.90 Å². The van der Waals surface area contributed by atoms with E-state index in [-0.39, 0.29) is 0 Å². The normalized spacial score (nSPS) is 10.6. The Kier molecular flexibility index (Phi) is 5.32. The minimum absolute atomic E-state index is 0.583. The second kappa shape index (κ2) is 7.49. The van der Waals surface area contributed by atoms with Crippen molar-refractivity contribution in [3.05, 3.63) is 71.8 Å². The molecule has 0 amide bonds. The van der Waals surface area contributed by atoms with Gasteiger partial charge in [-0.2, -0.15) is 0 Å². The zero-order chi connectivity index (χ0) is 13.3. The van der Waals surface area contributed by atoms with Crippen molar-refractivity contribution >= 4 is 6.29 Å². The van der Waals surface area contributed by atoms with Crippen LogP contribution in [0, 0.1) is 0 Å². The zero-order valence-electron chi connectivity index (χ0n) is 11.0. The quantitative estimate of drug-likeness (QED) is 0.706. The summed E-state index contributed by atoms with van der Waals surface area (Å²) in [7, 11) is 0. The zero-order valence-corrected chi connectivity index (χ0v) is 11.0. The van der Waals surface area contributed by atoms with Gasteiger partial charge in [-0.3, -0.25) is 4.90 Å². The van der Waals surface area contributed by atoms with Crippen LogP contribution in [0.5, 0.6) is 0 Å². The van der Waals surface area contributed by atoms with Crippen molar-refractivity contribution in [3.8, 4) is 0 Å². The first kappa shape index (κ1) is 13.5. The topological polar surface area (TPSA) is 20.3 Å². The van der Waals surface area contributed by atoms with E-state index in [0.717, 1.165) is 25.9 Å². The van der Waals surface area contributed by atoms with Gasteiger partial charge < -0.3 is 4.79 Å². The second-order valence-corrected chi connectivity index (χ2v) is 4.64. The van der Waals surface area contributed by atoms with Gasteiger partial charge in [-0.05, 0) is 11.1 Å². The highest BCUT2D eigenvalue weighted by Gasteiger charge is 2.06. The van der Waals surface area contributed by atoms with Crippen LogP contribution in [0.2, 0.25) is 0 Å². The van der Waals surface area contributed by atoms with Crippen molar-refractivity contribution in [2.45, 2.75) is 19.5 Å². The van der Waals surface area contributed by atoms with E-state index < -0.39 is 0 Å². The predicted octanol–water partition coefficient (Wildman–Crippen LogP) is 3.28. The lowest BCUT2D eigenvalue weighted by atomic mass is 10.1. The molecule has 0 fully saturated rings. The highest BCUT2D eigenvalue weighted by Crippen LogP contribution is 2.10. The third kappa shape index (κ3) is 4.68. The molecule has 98 valence electrons. The number of hydrogen-bond donors (Lipinski definition) is 0. The van der Waals surface area contributed by atoms with Crippen LogP contribution in [-0.2, 0) is 17.9 Å². The number of rotatable bonds is 7. The van der Waals surface area contributed by atoms with Crippen LogP contribution in [0.25, 0.3) is 0 Å². The molecule has 0 heterocycles. The summed E-state index contributed by atoms with van der Waals surface area (Å²) in [5.74, 6) is 0. The highest BCUT2D eigenvalue weighted by atomic mass is 16.1. The minimum Gasteiger partial charge on any atom is -0.303 e. The first-order chi connectivity index (χ1) is 9.38. The van der Waals surface area contributed by atoms with E-state index in [0.29, 0.717) is 6.42 Å². The Hall–Kier alpha value is -1.93. The van der Waals surface area contributed by atoms with E-state index in [1.165, 1.54) is 11.1 Å². The summed E-state index contributed by atoms with van der Waals surface area (Å²) >= 11 is 0. The monoisotopic (exact) mass is 253 g/mol. The summed E-state index contributed by atoms with van der Waals surface area (Å²) in [5, 5.41) is 0. The van der Waals surface area contributed by atoms with Gasteiger partial charge in [0.25, 0.3) is 0 Å². The second-order valence-electron chi connectivity index (χ2n) is 4.64. The van der Waals surface area contributed by atoms with Gasteiger partial charge in [0.05, 0.1) is 0 Å². The maximum atomic E-state index is 10.6. The molecule has 0 spiro atoms. The molecule has 0 saturated heterocycles. The van der Waals surface area contributed by atoms with Crippen LogP contribution in [0.1, 0.15) is 17.5 Å². The molecule has 2 aromatic rings. The summed E-state index contributed by atoms with van der Waals surface area (Å²) in [6, 6.07) is 20.7. The number of nitrogens with zero attached hydrogens (tertiary/aromatic N) is 1. The lowest BCUT2D eigenvalue weighted by Crippen LogP contribution is -2.24. The van der Waals surface area contributed by atoms with Crippen molar-refractivity contribution in [2.75, 3.05) is 6.54 Å². The van der Waals surface area contributed by atoms with E-state index >= 15 is 0 Å². The molecule has 19 heavy (non-hydrogen) atoms. The standard InChI is InChI=1S/C17H19NO/c19-13-7-12-18(14-16-8-3-1-4-9-16)15-17-10-5-2-6-11-17/h1-6,8-11,13H,7,12,14-15H2. The molecule has 0 aliphatic carbocycles. The summed E-state index contributed by atoms with van der Waals surface area (Å²) < 4.78 is 0. The molecule has 2 heteroatoms. The predicted molar refractivity (Wildman–Crippen MR) is 77.7 cm³/mol. The molecule has 0 bridgehead atoms. The number of aldehydes is 1. The fraction of sp³-hybridized carbons (Fsp3) is 0.235. The van der Waals surface area contributed by atoms with E-state index in [1.54, 1.807) is 0 Å². The minimum atomic E-state index is 0.583. The fourth-order valence-electron chi connectivity index (χ4n) is 2.13. The lowest BCUT2D eigenvalue weighted by Gasteiger charge is -2.21. The summed E-state index contributed by atoms with van der Waals surface area (Å²) in [5.41, 5.74) is 2.56. The van der Waals surface area contributed by atoms with Crippen LogP contribution < -0.4 is 0 Å². The highest BCUT2D eigenvalue weighted by molar-refractivity contribution is 5.49. The van der Waals surface area contributed by atoms with Crippen LogP contribution in [0.15, 0.2) is 60.7 Å². The molecule has 2 rings (SSSR count). The van der Waals surface area contributed by atoms with Crippen LogP contribution in [-0.4, -0.2) is 17.7 Å². The molecule has 2 nitrogen and oxygen atoms in total. The first-order valence-corrected chi connectivity index (χ1v) is 6.62. The molecule has 0 N–H and O–H groups in total. The Morgan fingerprint density at radius 3 is 1.68 bits per heavy atom. The van der Waals surface area contributed by atoms with Gasteiger partial charge in [0.15, 0.2) is 0 Å². The van der Waals surface area contributed by atoms with Crippen molar-refractivity contribution in [1.29, 1.82) is 0 Å². The molecule has 0 radical (unpaired) electrons. The average Bonchev–Trinajstić information content (AvgIpc) is 2.47. The third-order valence-electron chi connectivity index (χ3n) is 3.06. The molecule has 2 aromatic carbocycles. The van der Waals surface area contributed by atoms with E-state index in [2.05, 4.69) is 53.4 Å². The van der Waals surface area contributed by atoms with Crippen molar-refractivity contribution in [3.63, 3.8) is 0 Å². The maximum Gasteiger partial charge on any atom is 0.121 e. The Labute approximate surface area is 114 Å². The molecular formula is C17H19NO. The number of benzene rings is 2. The Morgan fingerprint density at radius 2 is 1.26 bits per heavy atom. The average molecular weight is 253 g/mol. The summed E-state index contributed by atoms with van der Waals surface area (Å²) in [4.78, 5) is 12.9. The first-order valence-electron chi connectivity index (χ1n) is 6.62. The van der Waals surface area contributed by atoms with Crippen molar-refractivity contribution in [2.24, 2.45) is 0 Å². The van der Waals surface area contributed by atoms with Gasteiger partial charge in [-0.25, -0.2) is 0 Å². The SMILES string of the molecule is O=CCCN(Cc1ccccc1)Cc1ccccc1. The summed E-state index contributed by atoms with van der Waals surface area (Å²) in [6.45, 7) is 2.56. The number of carbonyl (C=O) groups excluding carboxylic acids is 1. The van der Waals surface area contributed by atoms with Gasteiger partial charge in [-0.1, -0.05) is 60.7 Å². The van der Waals surface area contributed by atoms with Gasteiger partial charge in [0.2, 0.25) is 0 Å². The number of hydrogen-bond acceptors (Lipinski definition) is 2. The Balaban J connectivity index is 2.01. The van der Waals surface area contributed by atoms with E-state index in [4.69, 9.17) is 0 Å². The van der Waals surface area contributed by atoms with Gasteiger partial charge in [-0.15, -0.1) is 0 Å². The lowest BCUT2D eigenvalue weighted by molar-refractivity contribution is -0.108.